The van der Waals surface area contributed by atoms with E-state index in [1.165, 1.54) is 0 Å². The number of carboxylic acids is 1. The molecule has 0 unspecified atom stereocenters. The number of hydrogen-bond acceptors (Lipinski definition) is 4. The summed E-state index contributed by atoms with van der Waals surface area (Å²) in [5, 5.41) is 15.0. The number of thiazole rings is 1. The smallest absolute Gasteiger partial charge is 0.303 e. The van der Waals surface area contributed by atoms with E-state index >= 15 is 0 Å². The summed E-state index contributed by atoms with van der Waals surface area (Å²) < 4.78 is 0. The lowest BCUT2D eigenvalue weighted by Crippen LogP contribution is -2.38. The molecule has 2 N–H and O–H groups in total. The molecule has 88 valence electrons. The number of carbonyl (C=O) groups is 1. The molecule has 1 heterocycles. The number of anilines is 1. The predicted octanol–water partition coefficient (Wildman–Crippen LogP) is 2.51. The molecule has 0 saturated heterocycles. The average molecular weight is 240 g/mol. The fraction of sp³-hybridized carbons (Fsp3) is 0.636. The van der Waals surface area contributed by atoms with Gasteiger partial charge >= 0.3 is 5.97 Å². The van der Waals surface area contributed by atoms with Crippen LogP contribution in [-0.4, -0.2) is 22.6 Å². The SMILES string of the molecule is Cc1csc(NCC2(CC(=O)O)CCC2)n1. The van der Waals surface area contributed by atoms with Crippen molar-refractivity contribution in [1.82, 2.24) is 4.98 Å². The molecule has 1 fully saturated rings. The Balaban J connectivity index is 1.90. The van der Waals surface area contributed by atoms with E-state index in [9.17, 15) is 4.79 Å². The number of aliphatic carboxylic acids is 1. The van der Waals surface area contributed by atoms with Crippen LogP contribution in [0.25, 0.3) is 0 Å². The Bertz CT molecular complexity index is 385. The molecule has 0 radical (unpaired) electrons. The van der Waals surface area contributed by atoms with Gasteiger partial charge < -0.3 is 10.4 Å². The molecule has 16 heavy (non-hydrogen) atoms. The van der Waals surface area contributed by atoms with Gasteiger partial charge in [0.05, 0.1) is 12.1 Å². The maximum Gasteiger partial charge on any atom is 0.303 e. The topological polar surface area (TPSA) is 62.2 Å². The van der Waals surface area contributed by atoms with Crippen molar-refractivity contribution in [1.29, 1.82) is 0 Å². The van der Waals surface area contributed by atoms with Gasteiger partial charge in [-0.3, -0.25) is 4.79 Å². The second-order valence-corrected chi connectivity index (χ2v) is 5.43. The molecule has 0 spiro atoms. The Hall–Kier alpha value is -1.10. The van der Waals surface area contributed by atoms with Gasteiger partial charge in [-0.1, -0.05) is 6.42 Å². The zero-order chi connectivity index (χ0) is 11.6. The Labute approximate surface area is 98.7 Å². The molecule has 2 rings (SSSR count). The Morgan fingerprint density at radius 1 is 1.69 bits per heavy atom. The van der Waals surface area contributed by atoms with Crippen LogP contribution in [-0.2, 0) is 4.79 Å². The van der Waals surface area contributed by atoms with Gasteiger partial charge in [0.15, 0.2) is 5.13 Å². The minimum Gasteiger partial charge on any atom is -0.481 e. The monoisotopic (exact) mass is 240 g/mol. The van der Waals surface area contributed by atoms with E-state index in [1.807, 2.05) is 12.3 Å². The highest BCUT2D eigenvalue weighted by Gasteiger charge is 2.38. The van der Waals surface area contributed by atoms with Crippen molar-refractivity contribution in [2.45, 2.75) is 32.6 Å². The lowest BCUT2D eigenvalue weighted by Gasteiger charge is -2.40. The van der Waals surface area contributed by atoms with Gasteiger partial charge in [-0.05, 0) is 25.2 Å². The van der Waals surface area contributed by atoms with E-state index in [0.717, 1.165) is 36.6 Å². The van der Waals surface area contributed by atoms with Crippen molar-refractivity contribution < 1.29 is 9.90 Å². The molecular weight excluding hydrogens is 224 g/mol. The number of carboxylic acid groups (broad SMARTS) is 1. The normalized spacial score (nSPS) is 17.8. The van der Waals surface area contributed by atoms with Crippen molar-refractivity contribution in [2.75, 3.05) is 11.9 Å². The van der Waals surface area contributed by atoms with E-state index in [4.69, 9.17) is 5.11 Å². The molecule has 0 atom stereocenters. The lowest BCUT2D eigenvalue weighted by atomic mass is 9.66. The molecule has 0 bridgehead atoms. The van der Waals surface area contributed by atoms with E-state index in [1.54, 1.807) is 11.3 Å². The summed E-state index contributed by atoms with van der Waals surface area (Å²) in [4.78, 5) is 15.1. The molecule has 0 aliphatic heterocycles. The van der Waals surface area contributed by atoms with E-state index in [2.05, 4.69) is 10.3 Å². The van der Waals surface area contributed by atoms with Crippen LogP contribution in [0.4, 0.5) is 5.13 Å². The summed E-state index contributed by atoms with van der Waals surface area (Å²) in [6.07, 6.45) is 3.43. The number of rotatable bonds is 5. The van der Waals surface area contributed by atoms with Gasteiger partial charge in [-0.15, -0.1) is 11.3 Å². The van der Waals surface area contributed by atoms with Crippen LogP contribution in [0.5, 0.6) is 0 Å². The zero-order valence-corrected chi connectivity index (χ0v) is 10.1. The number of nitrogens with one attached hydrogen (secondary N) is 1. The van der Waals surface area contributed by atoms with Crippen molar-refractivity contribution in [3.8, 4) is 0 Å². The third kappa shape index (κ3) is 2.52. The number of hydrogen-bond donors (Lipinski definition) is 2. The summed E-state index contributed by atoms with van der Waals surface area (Å²) in [5.41, 5.74) is 0.971. The molecule has 4 nitrogen and oxygen atoms in total. The highest BCUT2D eigenvalue weighted by atomic mass is 32.1. The van der Waals surface area contributed by atoms with Gasteiger partial charge in [0.1, 0.15) is 0 Å². The van der Waals surface area contributed by atoms with Crippen molar-refractivity contribution in [3.05, 3.63) is 11.1 Å². The standard InChI is InChI=1S/C11H16N2O2S/c1-8-6-16-10(13-8)12-7-11(3-2-4-11)5-9(14)15/h6H,2-5,7H2,1H3,(H,12,13)(H,14,15). The third-order valence-electron chi connectivity index (χ3n) is 3.17. The number of aryl methyl sites for hydroxylation is 1. The van der Waals surface area contributed by atoms with Gasteiger partial charge in [-0.25, -0.2) is 4.98 Å². The van der Waals surface area contributed by atoms with Crippen molar-refractivity contribution in [3.63, 3.8) is 0 Å². The van der Waals surface area contributed by atoms with Crippen molar-refractivity contribution >= 4 is 22.4 Å². The van der Waals surface area contributed by atoms with Gasteiger partial charge in [0.2, 0.25) is 0 Å². The highest BCUT2D eigenvalue weighted by molar-refractivity contribution is 7.13. The van der Waals surface area contributed by atoms with Crippen LogP contribution in [0.3, 0.4) is 0 Å². The summed E-state index contributed by atoms with van der Waals surface area (Å²) >= 11 is 1.57. The molecule has 5 heteroatoms. The fourth-order valence-electron chi connectivity index (χ4n) is 2.11. The van der Waals surface area contributed by atoms with E-state index in [0.29, 0.717) is 0 Å². The summed E-state index contributed by atoms with van der Waals surface area (Å²) in [6, 6.07) is 0. The van der Waals surface area contributed by atoms with E-state index < -0.39 is 5.97 Å². The first-order valence-corrected chi connectivity index (χ1v) is 6.35. The summed E-state index contributed by atoms with van der Waals surface area (Å²) in [7, 11) is 0. The molecule has 1 aromatic rings. The minimum atomic E-state index is -0.697. The van der Waals surface area contributed by atoms with Crippen LogP contribution in [0.2, 0.25) is 0 Å². The van der Waals surface area contributed by atoms with Gasteiger partial charge in [-0.2, -0.15) is 0 Å². The molecule has 1 saturated carbocycles. The quantitative estimate of drug-likeness (QED) is 0.830. The van der Waals surface area contributed by atoms with Crippen LogP contribution in [0, 0.1) is 12.3 Å². The van der Waals surface area contributed by atoms with Crippen LogP contribution >= 0.6 is 11.3 Å². The fourth-order valence-corrected chi connectivity index (χ4v) is 2.80. The molecule has 1 aliphatic carbocycles. The molecule has 0 amide bonds. The second kappa shape index (κ2) is 4.41. The first-order valence-electron chi connectivity index (χ1n) is 5.47. The van der Waals surface area contributed by atoms with E-state index in [-0.39, 0.29) is 11.8 Å². The van der Waals surface area contributed by atoms with Crippen LogP contribution in [0.15, 0.2) is 5.38 Å². The first-order chi connectivity index (χ1) is 7.60. The minimum absolute atomic E-state index is 0.0363. The summed E-state index contributed by atoms with van der Waals surface area (Å²) in [5.74, 6) is -0.697. The van der Waals surface area contributed by atoms with Crippen molar-refractivity contribution in [2.24, 2.45) is 5.41 Å². The van der Waals surface area contributed by atoms with Crippen LogP contribution < -0.4 is 5.32 Å². The summed E-state index contributed by atoms with van der Waals surface area (Å²) in [6.45, 7) is 2.68. The lowest BCUT2D eigenvalue weighted by molar-refractivity contribution is -0.141. The molecule has 1 aliphatic rings. The Kier molecular flexibility index (Phi) is 3.14. The predicted molar refractivity (Wildman–Crippen MR) is 63.9 cm³/mol. The zero-order valence-electron chi connectivity index (χ0n) is 9.32. The maximum absolute atomic E-state index is 10.8. The Morgan fingerprint density at radius 2 is 2.44 bits per heavy atom. The third-order valence-corrected chi connectivity index (χ3v) is 4.09. The molecule has 1 aromatic heterocycles. The first kappa shape index (κ1) is 11.4. The number of nitrogens with zero attached hydrogens (tertiary/aromatic N) is 1. The van der Waals surface area contributed by atoms with Crippen LogP contribution in [0.1, 0.15) is 31.4 Å². The van der Waals surface area contributed by atoms with Gasteiger partial charge in [0.25, 0.3) is 0 Å². The highest BCUT2D eigenvalue weighted by Crippen LogP contribution is 2.44. The molecule has 0 aromatic carbocycles. The second-order valence-electron chi connectivity index (χ2n) is 4.57. The average Bonchev–Trinajstić information content (AvgIpc) is 2.55. The maximum atomic E-state index is 10.8. The van der Waals surface area contributed by atoms with Gasteiger partial charge in [0, 0.05) is 11.9 Å². The molecular formula is C11H16N2O2S. The largest absolute Gasteiger partial charge is 0.481 e. The number of aromatic nitrogens is 1. The Morgan fingerprint density at radius 3 is 2.88 bits per heavy atom.